The Kier molecular flexibility index (Phi) is 2.55. The molecule has 0 saturated heterocycles. The van der Waals surface area contributed by atoms with Crippen LogP contribution in [0.4, 0.5) is 0 Å². The SMILES string of the molecule is Cn1nccc1C(=O)CC(C)(C)C. The number of aryl methyl sites for hydroxylation is 1. The van der Waals surface area contributed by atoms with Gasteiger partial charge in [-0.1, -0.05) is 20.8 Å². The Hall–Kier alpha value is -1.12. The highest BCUT2D eigenvalue weighted by atomic mass is 16.1. The average molecular weight is 180 g/mol. The van der Waals surface area contributed by atoms with Gasteiger partial charge in [0.2, 0.25) is 0 Å². The Morgan fingerprint density at radius 3 is 2.54 bits per heavy atom. The second-order valence-electron chi connectivity index (χ2n) is 4.50. The highest BCUT2D eigenvalue weighted by Gasteiger charge is 2.18. The second kappa shape index (κ2) is 3.32. The third-order valence-electron chi connectivity index (χ3n) is 1.80. The zero-order valence-corrected chi connectivity index (χ0v) is 8.66. The molecule has 72 valence electrons. The van der Waals surface area contributed by atoms with Crippen LogP contribution in [-0.4, -0.2) is 15.6 Å². The van der Waals surface area contributed by atoms with Crippen molar-refractivity contribution in [1.82, 2.24) is 9.78 Å². The molecule has 0 amide bonds. The van der Waals surface area contributed by atoms with E-state index >= 15 is 0 Å². The fraction of sp³-hybridized carbons (Fsp3) is 0.600. The van der Waals surface area contributed by atoms with Crippen LogP contribution in [-0.2, 0) is 7.05 Å². The number of ketones is 1. The van der Waals surface area contributed by atoms with Crippen molar-refractivity contribution < 1.29 is 4.79 Å². The van der Waals surface area contributed by atoms with Crippen LogP contribution in [0, 0.1) is 5.41 Å². The number of hydrogen-bond donors (Lipinski definition) is 0. The van der Waals surface area contributed by atoms with E-state index in [1.54, 1.807) is 24.0 Å². The van der Waals surface area contributed by atoms with Gasteiger partial charge in [0.15, 0.2) is 5.78 Å². The summed E-state index contributed by atoms with van der Waals surface area (Å²) in [6.07, 6.45) is 2.21. The summed E-state index contributed by atoms with van der Waals surface area (Å²) in [6.45, 7) is 6.17. The third kappa shape index (κ3) is 2.68. The van der Waals surface area contributed by atoms with E-state index in [0.29, 0.717) is 12.1 Å². The number of Topliss-reactive ketones (excluding diaryl/α,β-unsaturated/α-hetero) is 1. The molecule has 1 heterocycles. The van der Waals surface area contributed by atoms with E-state index < -0.39 is 0 Å². The van der Waals surface area contributed by atoms with Crippen LogP contribution in [0.25, 0.3) is 0 Å². The lowest BCUT2D eigenvalue weighted by Crippen LogP contribution is -2.15. The lowest BCUT2D eigenvalue weighted by Gasteiger charge is -2.16. The van der Waals surface area contributed by atoms with Crippen molar-refractivity contribution in [2.75, 3.05) is 0 Å². The smallest absolute Gasteiger partial charge is 0.181 e. The van der Waals surface area contributed by atoms with E-state index in [1.165, 1.54) is 0 Å². The molecule has 0 saturated carbocycles. The molecule has 1 aromatic heterocycles. The van der Waals surface area contributed by atoms with Gasteiger partial charge in [0.1, 0.15) is 5.69 Å². The van der Waals surface area contributed by atoms with Crippen LogP contribution in [0.2, 0.25) is 0 Å². The van der Waals surface area contributed by atoms with Crippen LogP contribution in [0.1, 0.15) is 37.7 Å². The molecule has 0 spiro atoms. The summed E-state index contributed by atoms with van der Waals surface area (Å²) in [5.74, 6) is 0.160. The van der Waals surface area contributed by atoms with Gasteiger partial charge in [-0.3, -0.25) is 9.48 Å². The highest BCUT2D eigenvalue weighted by Crippen LogP contribution is 2.20. The summed E-state index contributed by atoms with van der Waals surface area (Å²) in [6, 6.07) is 1.76. The van der Waals surface area contributed by atoms with Gasteiger partial charge in [-0.15, -0.1) is 0 Å². The Balaban J connectivity index is 2.76. The van der Waals surface area contributed by atoms with Crippen molar-refractivity contribution >= 4 is 5.78 Å². The number of nitrogens with zero attached hydrogens (tertiary/aromatic N) is 2. The monoisotopic (exact) mass is 180 g/mol. The highest BCUT2D eigenvalue weighted by molar-refractivity contribution is 5.94. The van der Waals surface area contributed by atoms with Crippen molar-refractivity contribution in [2.24, 2.45) is 12.5 Å². The molecular weight excluding hydrogens is 164 g/mol. The number of hydrogen-bond acceptors (Lipinski definition) is 2. The Morgan fingerprint density at radius 2 is 2.15 bits per heavy atom. The van der Waals surface area contributed by atoms with E-state index in [2.05, 4.69) is 25.9 Å². The van der Waals surface area contributed by atoms with Crippen LogP contribution in [0.5, 0.6) is 0 Å². The minimum atomic E-state index is 0.0430. The molecule has 3 heteroatoms. The van der Waals surface area contributed by atoms with Crippen LogP contribution in [0.15, 0.2) is 12.3 Å². The molecule has 0 aromatic carbocycles. The van der Waals surface area contributed by atoms with Crippen molar-refractivity contribution in [1.29, 1.82) is 0 Å². The normalized spacial score (nSPS) is 11.7. The maximum absolute atomic E-state index is 11.7. The van der Waals surface area contributed by atoms with Crippen molar-refractivity contribution in [3.05, 3.63) is 18.0 Å². The van der Waals surface area contributed by atoms with Crippen LogP contribution < -0.4 is 0 Å². The fourth-order valence-corrected chi connectivity index (χ4v) is 1.22. The molecule has 0 unspecified atom stereocenters. The fourth-order valence-electron chi connectivity index (χ4n) is 1.22. The maximum Gasteiger partial charge on any atom is 0.181 e. The van der Waals surface area contributed by atoms with Gasteiger partial charge in [0.05, 0.1) is 0 Å². The first kappa shape index (κ1) is 9.96. The summed E-state index contributed by atoms with van der Waals surface area (Å²) >= 11 is 0. The Labute approximate surface area is 78.8 Å². The van der Waals surface area contributed by atoms with Gasteiger partial charge in [0.25, 0.3) is 0 Å². The minimum absolute atomic E-state index is 0.0430. The van der Waals surface area contributed by atoms with Gasteiger partial charge < -0.3 is 0 Å². The van der Waals surface area contributed by atoms with Crippen LogP contribution in [0.3, 0.4) is 0 Å². The lowest BCUT2D eigenvalue weighted by atomic mass is 9.89. The second-order valence-corrected chi connectivity index (χ2v) is 4.50. The van der Waals surface area contributed by atoms with Gasteiger partial charge in [-0.2, -0.15) is 5.10 Å². The standard InChI is InChI=1S/C10H16N2O/c1-10(2,3)7-9(13)8-5-6-11-12(8)4/h5-6H,7H2,1-4H3. The Morgan fingerprint density at radius 1 is 1.54 bits per heavy atom. The Bertz CT molecular complexity index is 307. The average Bonchev–Trinajstić information content (AvgIpc) is 2.30. The zero-order valence-electron chi connectivity index (χ0n) is 8.66. The zero-order chi connectivity index (χ0) is 10.1. The van der Waals surface area contributed by atoms with Crippen molar-refractivity contribution in [2.45, 2.75) is 27.2 Å². The van der Waals surface area contributed by atoms with Gasteiger partial charge >= 0.3 is 0 Å². The van der Waals surface area contributed by atoms with E-state index in [4.69, 9.17) is 0 Å². The predicted molar refractivity (Wildman–Crippen MR) is 51.6 cm³/mol. The lowest BCUT2D eigenvalue weighted by molar-refractivity contribution is 0.0930. The van der Waals surface area contributed by atoms with Gasteiger partial charge in [-0.25, -0.2) is 0 Å². The summed E-state index contributed by atoms with van der Waals surface area (Å²) in [5.41, 5.74) is 0.733. The quantitative estimate of drug-likeness (QED) is 0.653. The molecule has 0 aliphatic heterocycles. The van der Waals surface area contributed by atoms with E-state index in [0.717, 1.165) is 0 Å². The van der Waals surface area contributed by atoms with E-state index in [-0.39, 0.29) is 11.2 Å². The largest absolute Gasteiger partial charge is 0.292 e. The molecule has 0 aliphatic rings. The molecule has 3 nitrogen and oxygen atoms in total. The van der Waals surface area contributed by atoms with Crippen LogP contribution >= 0.6 is 0 Å². The van der Waals surface area contributed by atoms with Crippen molar-refractivity contribution in [3.8, 4) is 0 Å². The van der Waals surface area contributed by atoms with E-state index in [9.17, 15) is 4.79 Å². The third-order valence-corrected chi connectivity index (χ3v) is 1.80. The predicted octanol–water partition coefficient (Wildman–Crippen LogP) is 2.04. The molecule has 13 heavy (non-hydrogen) atoms. The molecule has 0 fully saturated rings. The first-order chi connectivity index (χ1) is 5.90. The molecule has 0 bridgehead atoms. The minimum Gasteiger partial charge on any atom is -0.292 e. The topological polar surface area (TPSA) is 34.9 Å². The first-order valence-electron chi connectivity index (χ1n) is 4.41. The summed E-state index contributed by atoms with van der Waals surface area (Å²) in [4.78, 5) is 11.7. The van der Waals surface area contributed by atoms with Gasteiger partial charge in [-0.05, 0) is 11.5 Å². The summed E-state index contributed by atoms with van der Waals surface area (Å²) in [7, 11) is 1.79. The number of carbonyl (C=O) groups excluding carboxylic acids is 1. The molecule has 0 radical (unpaired) electrons. The number of carbonyl (C=O) groups is 1. The number of aromatic nitrogens is 2. The summed E-state index contributed by atoms with van der Waals surface area (Å²) in [5, 5.41) is 3.96. The molecule has 1 aromatic rings. The van der Waals surface area contributed by atoms with E-state index in [1.807, 2.05) is 0 Å². The summed E-state index contributed by atoms with van der Waals surface area (Å²) < 4.78 is 1.62. The first-order valence-corrected chi connectivity index (χ1v) is 4.41. The molecular formula is C10H16N2O. The van der Waals surface area contributed by atoms with Crippen molar-refractivity contribution in [3.63, 3.8) is 0 Å². The molecule has 0 N–H and O–H groups in total. The molecule has 1 rings (SSSR count). The molecule has 0 aliphatic carbocycles. The maximum atomic E-state index is 11.7. The van der Waals surface area contributed by atoms with Gasteiger partial charge in [0, 0.05) is 19.7 Å². The molecule has 0 atom stereocenters. The number of rotatable bonds is 2.